The van der Waals surface area contributed by atoms with Crippen molar-refractivity contribution in [2.45, 2.75) is 44.1 Å². The van der Waals surface area contributed by atoms with E-state index < -0.39 is 0 Å². The van der Waals surface area contributed by atoms with Crippen molar-refractivity contribution in [2.24, 2.45) is 17.8 Å². The fourth-order valence-electron chi connectivity index (χ4n) is 5.82. The van der Waals surface area contributed by atoms with Crippen LogP contribution in [0.5, 0.6) is 0 Å². The third-order valence-corrected chi connectivity index (χ3v) is 7.13. The zero-order valence-corrected chi connectivity index (χ0v) is 15.7. The Kier molecular flexibility index (Phi) is 3.56. The van der Waals surface area contributed by atoms with Gasteiger partial charge in [0, 0.05) is 11.2 Å². The van der Waals surface area contributed by atoms with Crippen molar-refractivity contribution < 1.29 is 4.79 Å². The van der Waals surface area contributed by atoms with E-state index in [1.807, 2.05) is 34.9 Å². The van der Waals surface area contributed by atoms with Crippen molar-refractivity contribution in [3.8, 4) is 5.69 Å². The van der Waals surface area contributed by atoms with Gasteiger partial charge in [-0.1, -0.05) is 18.2 Å². The van der Waals surface area contributed by atoms with Gasteiger partial charge in [0.1, 0.15) is 10.9 Å². The van der Waals surface area contributed by atoms with Gasteiger partial charge in [0.15, 0.2) is 5.69 Å². The molecule has 2 aromatic rings. The zero-order chi connectivity index (χ0) is 17.0. The molecule has 1 aromatic carbocycles. The van der Waals surface area contributed by atoms with Gasteiger partial charge < -0.3 is 5.32 Å². The van der Waals surface area contributed by atoms with Crippen LogP contribution in [0.15, 0.2) is 41.3 Å². The number of nitrogens with one attached hydrogen (secondary N) is 1. The molecular formula is C20H22BrN3O. The summed E-state index contributed by atoms with van der Waals surface area (Å²) >= 11 is 3.58. The summed E-state index contributed by atoms with van der Waals surface area (Å²) in [4.78, 5) is 17.4. The van der Waals surface area contributed by atoms with E-state index in [4.69, 9.17) is 0 Å². The molecule has 0 aliphatic heterocycles. The minimum absolute atomic E-state index is 0.0157. The molecule has 4 fully saturated rings. The highest BCUT2D eigenvalue weighted by Crippen LogP contribution is 2.55. The summed E-state index contributed by atoms with van der Waals surface area (Å²) in [6.07, 6.45) is 9.31. The second-order valence-electron chi connectivity index (χ2n) is 8.24. The molecule has 130 valence electrons. The molecule has 1 aromatic heterocycles. The molecule has 4 nitrogen and oxygen atoms in total. The number of imidazole rings is 1. The highest BCUT2D eigenvalue weighted by molar-refractivity contribution is 9.10. The summed E-state index contributed by atoms with van der Waals surface area (Å²) in [5.74, 6) is 2.41. The van der Waals surface area contributed by atoms with Crippen molar-refractivity contribution in [2.75, 3.05) is 0 Å². The first-order chi connectivity index (χ1) is 12.1. The Morgan fingerprint density at radius 1 is 1.08 bits per heavy atom. The molecule has 0 radical (unpaired) electrons. The molecule has 0 saturated heterocycles. The highest BCUT2D eigenvalue weighted by Gasteiger charge is 2.51. The first-order valence-electron chi connectivity index (χ1n) is 9.23. The Labute approximate surface area is 156 Å². The second-order valence-corrected chi connectivity index (χ2v) is 8.99. The normalized spacial score (nSPS) is 32.8. The lowest BCUT2D eigenvalue weighted by Crippen LogP contribution is -2.59. The SMILES string of the molecule is O=C(NC12CC3CC(CC(C3)C1)C2)c1ncn(-c2ccccc2)c1Br. The molecule has 1 heterocycles. The second kappa shape index (κ2) is 5.70. The van der Waals surface area contributed by atoms with Crippen molar-refractivity contribution in [3.05, 3.63) is 47.0 Å². The number of para-hydroxylation sites is 1. The Morgan fingerprint density at radius 2 is 1.68 bits per heavy atom. The number of hydrogen-bond donors (Lipinski definition) is 1. The predicted octanol–water partition coefficient (Wildman–Crippen LogP) is 4.33. The van der Waals surface area contributed by atoms with Crippen LogP contribution in [0, 0.1) is 17.8 Å². The first kappa shape index (κ1) is 15.6. The van der Waals surface area contributed by atoms with Crippen LogP contribution >= 0.6 is 15.9 Å². The molecule has 25 heavy (non-hydrogen) atoms. The topological polar surface area (TPSA) is 46.9 Å². The average molecular weight is 400 g/mol. The lowest BCUT2D eigenvalue weighted by molar-refractivity contribution is -0.0167. The summed E-state index contributed by atoms with van der Waals surface area (Å²) < 4.78 is 2.63. The predicted molar refractivity (Wildman–Crippen MR) is 99.6 cm³/mol. The third-order valence-electron chi connectivity index (χ3n) is 6.38. The van der Waals surface area contributed by atoms with E-state index in [1.54, 1.807) is 6.33 Å². The van der Waals surface area contributed by atoms with Gasteiger partial charge in [-0.2, -0.15) is 0 Å². The van der Waals surface area contributed by atoms with Gasteiger partial charge in [0.05, 0.1) is 0 Å². The van der Waals surface area contributed by atoms with E-state index in [1.165, 1.54) is 19.3 Å². The zero-order valence-electron chi connectivity index (χ0n) is 14.1. The quantitative estimate of drug-likeness (QED) is 0.834. The number of carbonyl (C=O) groups is 1. The fourth-order valence-corrected chi connectivity index (χ4v) is 6.40. The molecule has 1 N–H and O–H groups in total. The summed E-state index contributed by atoms with van der Waals surface area (Å²) in [6, 6.07) is 9.96. The molecule has 0 atom stereocenters. The van der Waals surface area contributed by atoms with Gasteiger partial charge in [-0.3, -0.25) is 9.36 Å². The van der Waals surface area contributed by atoms with Gasteiger partial charge in [0.25, 0.3) is 5.91 Å². The van der Waals surface area contributed by atoms with Gasteiger partial charge in [0.2, 0.25) is 0 Å². The largest absolute Gasteiger partial charge is 0.345 e. The first-order valence-corrected chi connectivity index (χ1v) is 10.0. The van der Waals surface area contributed by atoms with E-state index in [2.05, 4.69) is 26.2 Å². The number of amides is 1. The lowest BCUT2D eigenvalue weighted by atomic mass is 9.53. The van der Waals surface area contributed by atoms with E-state index in [-0.39, 0.29) is 11.4 Å². The summed E-state index contributed by atoms with van der Waals surface area (Å²) in [6.45, 7) is 0. The maximum Gasteiger partial charge on any atom is 0.273 e. The number of benzene rings is 1. The molecule has 4 aliphatic rings. The Balaban J connectivity index is 1.40. The van der Waals surface area contributed by atoms with Gasteiger partial charge in [-0.15, -0.1) is 0 Å². The fraction of sp³-hybridized carbons (Fsp3) is 0.500. The van der Waals surface area contributed by atoms with Gasteiger partial charge >= 0.3 is 0 Å². The molecule has 0 spiro atoms. The van der Waals surface area contributed by atoms with Crippen molar-refractivity contribution in [3.63, 3.8) is 0 Å². The van der Waals surface area contributed by atoms with Crippen LogP contribution in [0.3, 0.4) is 0 Å². The molecule has 0 unspecified atom stereocenters. The maximum atomic E-state index is 13.0. The monoisotopic (exact) mass is 399 g/mol. The minimum atomic E-state index is -0.0384. The van der Waals surface area contributed by atoms with E-state index in [0.717, 1.165) is 47.3 Å². The Morgan fingerprint density at radius 3 is 2.28 bits per heavy atom. The van der Waals surface area contributed by atoms with Crippen molar-refractivity contribution in [1.82, 2.24) is 14.9 Å². The van der Waals surface area contributed by atoms with E-state index >= 15 is 0 Å². The molecule has 6 rings (SSSR count). The highest BCUT2D eigenvalue weighted by atomic mass is 79.9. The van der Waals surface area contributed by atoms with Crippen LogP contribution in [-0.2, 0) is 0 Å². The van der Waals surface area contributed by atoms with Crippen molar-refractivity contribution in [1.29, 1.82) is 0 Å². The van der Waals surface area contributed by atoms with E-state index in [0.29, 0.717) is 5.69 Å². The number of aromatic nitrogens is 2. The summed E-state index contributed by atoms with van der Waals surface area (Å²) in [5, 5.41) is 3.40. The van der Waals surface area contributed by atoms with Crippen LogP contribution in [0.2, 0.25) is 0 Å². The van der Waals surface area contributed by atoms with Crippen LogP contribution in [0.4, 0.5) is 0 Å². The Bertz CT molecular complexity index is 778. The number of rotatable bonds is 3. The van der Waals surface area contributed by atoms with Gasteiger partial charge in [-0.25, -0.2) is 4.98 Å². The van der Waals surface area contributed by atoms with Crippen LogP contribution < -0.4 is 5.32 Å². The standard InChI is InChI=1S/C20H22BrN3O/c21-18-17(22-12-24(18)16-4-2-1-3-5-16)19(25)23-20-9-13-6-14(10-20)8-15(7-13)11-20/h1-5,12-15H,6-11H2,(H,23,25). The lowest BCUT2D eigenvalue weighted by Gasteiger charge is -2.56. The average Bonchev–Trinajstić information content (AvgIpc) is 2.95. The number of hydrogen-bond acceptors (Lipinski definition) is 2. The minimum Gasteiger partial charge on any atom is -0.345 e. The molecule has 5 heteroatoms. The van der Waals surface area contributed by atoms with Crippen LogP contribution in [-0.4, -0.2) is 21.0 Å². The smallest absolute Gasteiger partial charge is 0.273 e. The number of halogens is 1. The molecular weight excluding hydrogens is 378 g/mol. The summed E-state index contributed by atoms with van der Waals surface area (Å²) in [7, 11) is 0. The summed E-state index contributed by atoms with van der Waals surface area (Å²) in [5.41, 5.74) is 1.50. The third kappa shape index (κ3) is 2.64. The number of nitrogens with zero attached hydrogens (tertiary/aromatic N) is 2. The molecule has 4 saturated carbocycles. The molecule has 4 aliphatic carbocycles. The van der Waals surface area contributed by atoms with Crippen molar-refractivity contribution >= 4 is 21.8 Å². The molecule has 4 bridgehead atoms. The van der Waals surface area contributed by atoms with Crippen LogP contribution in [0.25, 0.3) is 5.69 Å². The Hall–Kier alpha value is -1.62. The van der Waals surface area contributed by atoms with Gasteiger partial charge in [-0.05, 0) is 84.3 Å². The maximum absolute atomic E-state index is 13.0. The number of carbonyl (C=O) groups excluding carboxylic acids is 1. The van der Waals surface area contributed by atoms with E-state index in [9.17, 15) is 4.79 Å². The molecule has 1 amide bonds. The van der Waals surface area contributed by atoms with Crippen LogP contribution in [0.1, 0.15) is 49.0 Å².